The second-order valence-electron chi connectivity index (χ2n) is 9.50. The van der Waals surface area contributed by atoms with Crippen molar-refractivity contribution in [2.75, 3.05) is 13.7 Å². The van der Waals surface area contributed by atoms with E-state index in [1.165, 1.54) is 13.2 Å². The van der Waals surface area contributed by atoms with Gasteiger partial charge in [0.2, 0.25) is 6.29 Å². The van der Waals surface area contributed by atoms with E-state index in [1.54, 1.807) is 25.1 Å². The van der Waals surface area contributed by atoms with Gasteiger partial charge in [-0.05, 0) is 17.6 Å². The van der Waals surface area contributed by atoms with Gasteiger partial charge in [0.1, 0.15) is 30.5 Å². The van der Waals surface area contributed by atoms with Gasteiger partial charge >= 0.3 is 11.9 Å². The molecule has 1 saturated heterocycles. The fraction of sp³-hybridized carbons (Fsp3) is 0.538. The molecule has 0 bridgehead atoms. The van der Waals surface area contributed by atoms with Crippen molar-refractivity contribution in [3.8, 4) is 0 Å². The van der Waals surface area contributed by atoms with E-state index in [-0.39, 0.29) is 5.57 Å². The number of hydrogen-bond acceptors (Lipinski definition) is 12. The zero-order valence-electron chi connectivity index (χ0n) is 20.8. The number of carbonyl (C=O) groups excluding carboxylic acids is 2. The van der Waals surface area contributed by atoms with Gasteiger partial charge in [0.25, 0.3) is 0 Å². The number of benzene rings is 1. The Morgan fingerprint density at radius 3 is 2.37 bits per heavy atom. The Hall–Kier alpha value is -2.84. The molecule has 0 unspecified atom stereocenters. The lowest BCUT2D eigenvalue weighted by molar-refractivity contribution is -0.343. The quantitative estimate of drug-likeness (QED) is 0.214. The molecule has 5 N–H and O–H groups in total. The van der Waals surface area contributed by atoms with Crippen LogP contribution in [0.5, 0.6) is 0 Å². The number of aliphatic hydroxyl groups excluding tert-OH is 5. The Morgan fingerprint density at radius 2 is 1.71 bits per heavy atom. The van der Waals surface area contributed by atoms with E-state index in [0.29, 0.717) is 0 Å². The lowest BCUT2D eigenvalue weighted by Gasteiger charge is -2.43. The van der Waals surface area contributed by atoms with Crippen molar-refractivity contribution in [3.63, 3.8) is 0 Å². The molecule has 11 atom stereocenters. The molecule has 12 nitrogen and oxygen atoms in total. The molecule has 2 heterocycles. The zero-order valence-corrected chi connectivity index (χ0v) is 20.8. The van der Waals surface area contributed by atoms with Crippen LogP contribution in [-0.2, 0) is 33.3 Å². The molecule has 38 heavy (non-hydrogen) atoms. The minimum Gasteiger partial charge on any atom is -0.472 e. The van der Waals surface area contributed by atoms with Crippen LogP contribution in [0, 0.1) is 17.8 Å². The van der Waals surface area contributed by atoms with Crippen LogP contribution in [0.25, 0.3) is 6.08 Å². The Bertz CT molecular complexity index is 1040. The maximum absolute atomic E-state index is 12.7. The van der Waals surface area contributed by atoms with Crippen molar-refractivity contribution in [3.05, 3.63) is 53.8 Å². The summed E-state index contributed by atoms with van der Waals surface area (Å²) in [5.74, 6) is -3.84. The zero-order chi connectivity index (χ0) is 27.6. The van der Waals surface area contributed by atoms with Crippen molar-refractivity contribution >= 4 is 18.0 Å². The first-order chi connectivity index (χ1) is 18.2. The first-order valence-corrected chi connectivity index (χ1v) is 12.2. The lowest BCUT2D eigenvalue weighted by atomic mass is 9.82. The van der Waals surface area contributed by atoms with Crippen LogP contribution in [0.15, 0.2) is 48.2 Å². The molecule has 0 aromatic heterocycles. The Balaban J connectivity index is 1.57. The fourth-order valence-corrected chi connectivity index (χ4v) is 5.18. The number of aliphatic hydroxyl groups is 5. The van der Waals surface area contributed by atoms with Crippen molar-refractivity contribution in [1.29, 1.82) is 0 Å². The van der Waals surface area contributed by atoms with E-state index in [2.05, 4.69) is 0 Å². The highest BCUT2D eigenvalue weighted by molar-refractivity contribution is 5.90. The van der Waals surface area contributed by atoms with E-state index in [9.17, 15) is 35.1 Å². The second kappa shape index (κ2) is 11.9. The first-order valence-electron chi connectivity index (χ1n) is 12.2. The summed E-state index contributed by atoms with van der Waals surface area (Å²) in [5.41, 5.74) is 0.774. The maximum atomic E-state index is 12.7. The SMILES string of the molecule is COC(=O)C1=CO[C@@H](O[C@@H]2O[C@H](CO)[C@@H](O)[C@H](O)[C@H]2O)[C@@H]2[C@H](C)[C@@H](O)[C@@H](OC(=O)/C=C/c3ccccc3)[C@H]12. The number of ether oxygens (including phenoxy) is 5. The summed E-state index contributed by atoms with van der Waals surface area (Å²) < 4.78 is 27.4. The molecule has 4 rings (SSSR count). The average Bonchev–Trinajstić information content (AvgIpc) is 3.18. The van der Waals surface area contributed by atoms with Gasteiger partial charge in [-0.3, -0.25) is 0 Å². The molecule has 1 saturated carbocycles. The van der Waals surface area contributed by atoms with Gasteiger partial charge < -0.3 is 49.2 Å². The Morgan fingerprint density at radius 1 is 1.00 bits per heavy atom. The summed E-state index contributed by atoms with van der Waals surface area (Å²) in [6, 6.07) is 9.04. The summed E-state index contributed by atoms with van der Waals surface area (Å²) in [6.07, 6.45) is -7.48. The highest BCUT2D eigenvalue weighted by Gasteiger charge is 2.59. The minimum atomic E-state index is -1.70. The van der Waals surface area contributed by atoms with E-state index in [4.69, 9.17) is 23.7 Å². The normalized spacial score (nSPS) is 38.7. The Kier molecular flexibility index (Phi) is 8.83. The number of rotatable bonds is 7. The molecule has 2 aliphatic heterocycles. The van der Waals surface area contributed by atoms with E-state index < -0.39 is 85.5 Å². The summed E-state index contributed by atoms with van der Waals surface area (Å²) in [6.45, 7) is 1.00. The Labute approximate surface area is 218 Å². The molecule has 3 aliphatic rings. The average molecular weight is 537 g/mol. The standard InChI is InChI=1S/C26H32O12/c1-12-17-18(23(19(12)29)37-16(28)9-8-13-6-4-3-5-7-13)14(24(33)34-2)11-35-25(17)38-26-22(32)21(31)20(30)15(10-27)36-26/h3-9,11-12,15,17-23,25-27,29-32H,10H2,1-2H3/b9-8+/t12-,15+,17+,18+,19+,20+,21-,22+,23-,25-,26-/m0/s1. The van der Waals surface area contributed by atoms with Gasteiger partial charge in [0.15, 0.2) is 6.29 Å². The van der Waals surface area contributed by atoms with Crippen LogP contribution < -0.4 is 0 Å². The molecule has 1 aromatic rings. The molecule has 1 aliphatic carbocycles. The molecular weight excluding hydrogens is 504 g/mol. The smallest absolute Gasteiger partial charge is 0.337 e. The molecule has 2 fully saturated rings. The summed E-state index contributed by atoms with van der Waals surface area (Å²) in [7, 11) is 1.17. The number of fused-ring (bicyclic) bond motifs is 1. The fourth-order valence-electron chi connectivity index (χ4n) is 5.18. The molecule has 0 radical (unpaired) electrons. The first kappa shape index (κ1) is 28.2. The van der Waals surface area contributed by atoms with Gasteiger partial charge in [0, 0.05) is 17.9 Å². The predicted octanol–water partition coefficient (Wildman–Crippen LogP) is -0.916. The molecule has 12 heteroatoms. The third-order valence-electron chi connectivity index (χ3n) is 7.26. The second-order valence-corrected chi connectivity index (χ2v) is 9.50. The van der Waals surface area contributed by atoms with Crippen LogP contribution in [0.1, 0.15) is 12.5 Å². The minimum absolute atomic E-state index is 0.0133. The molecule has 208 valence electrons. The lowest BCUT2D eigenvalue weighted by Crippen LogP contribution is -2.60. The van der Waals surface area contributed by atoms with Gasteiger partial charge in [-0.15, -0.1) is 0 Å². The molecular formula is C26H32O12. The largest absolute Gasteiger partial charge is 0.472 e. The van der Waals surface area contributed by atoms with Gasteiger partial charge in [-0.25, -0.2) is 9.59 Å². The van der Waals surface area contributed by atoms with Crippen molar-refractivity contribution in [1.82, 2.24) is 0 Å². The highest BCUT2D eigenvalue weighted by atomic mass is 16.8. The topological polar surface area (TPSA) is 181 Å². The van der Waals surface area contributed by atoms with Crippen molar-refractivity contribution < 1.29 is 58.8 Å². The van der Waals surface area contributed by atoms with Crippen molar-refractivity contribution in [2.45, 2.75) is 56.1 Å². The van der Waals surface area contributed by atoms with Gasteiger partial charge in [-0.1, -0.05) is 37.3 Å². The molecule has 0 amide bonds. The number of carbonyl (C=O) groups is 2. The molecule has 0 spiro atoms. The van der Waals surface area contributed by atoms with Crippen LogP contribution in [0.2, 0.25) is 0 Å². The van der Waals surface area contributed by atoms with Crippen molar-refractivity contribution in [2.24, 2.45) is 17.8 Å². The van der Waals surface area contributed by atoms with Crippen LogP contribution in [0.4, 0.5) is 0 Å². The number of methoxy groups -OCH3 is 1. The number of esters is 2. The summed E-state index contributed by atoms with van der Waals surface area (Å²) >= 11 is 0. The maximum Gasteiger partial charge on any atom is 0.337 e. The van der Waals surface area contributed by atoms with E-state index in [1.807, 2.05) is 18.2 Å². The van der Waals surface area contributed by atoms with Gasteiger partial charge in [-0.2, -0.15) is 0 Å². The summed E-state index contributed by atoms with van der Waals surface area (Å²) in [4.78, 5) is 25.2. The summed E-state index contributed by atoms with van der Waals surface area (Å²) in [5, 5.41) is 51.1. The third kappa shape index (κ3) is 5.47. The van der Waals surface area contributed by atoms with Crippen LogP contribution in [0.3, 0.4) is 0 Å². The highest BCUT2D eigenvalue weighted by Crippen LogP contribution is 2.49. The number of hydrogen-bond donors (Lipinski definition) is 5. The predicted molar refractivity (Wildman–Crippen MR) is 127 cm³/mol. The van der Waals surface area contributed by atoms with Gasteiger partial charge in [0.05, 0.1) is 31.7 Å². The van der Waals surface area contributed by atoms with Crippen LogP contribution in [-0.4, -0.2) is 100 Å². The monoisotopic (exact) mass is 536 g/mol. The molecule has 1 aromatic carbocycles. The van der Waals surface area contributed by atoms with E-state index in [0.717, 1.165) is 11.8 Å². The third-order valence-corrected chi connectivity index (χ3v) is 7.26. The van der Waals surface area contributed by atoms with Crippen LogP contribution >= 0.6 is 0 Å². The van der Waals surface area contributed by atoms with E-state index >= 15 is 0 Å².